The third kappa shape index (κ3) is 3.00. The number of hydrogen-bond donors (Lipinski definition) is 1. The first-order valence-corrected chi connectivity index (χ1v) is 7.86. The number of ether oxygens (including phenoxy) is 1. The number of nitrogens with zero attached hydrogens (tertiary/aromatic N) is 2. The van der Waals surface area contributed by atoms with Gasteiger partial charge in [-0.1, -0.05) is 23.7 Å². The highest BCUT2D eigenvalue weighted by Crippen LogP contribution is 2.36. The van der Waals surface area contributed by atoms with E-state index < -0.39 is 0 Å². The minimum Gasteiger partial charge on any atom is -0.503 e. The minimum atomic E-state index is -0.121. The number of aromatic hydroxyl groups is 1. The number of methoxy groups -OCH3 is 1. The standard InChI is InChI=1S/C17H11ClN2O2S/c1-22-14-8-10(7-12(18)16(14)21)6-11(9-19)17-20-13-4-2-3-5-15(13)23-17/h2-8,21H,1H3. The van der Waals surface area contributed by atoms with Gasteiger partial charge in [-0.15, -0.1) is 11.3 Å². The number of nitriles is 1. The molecule has 0 atom stereocenters. The summed E-state index contributed by atoms with van der Waals surface area (Å²) >= 11 is 7.43. The summed E-state index contributed by atoms with van der Waals surface area (Å²) in [6.07, 6.45) is 1.67. The van der Waals surface area contributed by atoms with Crippen LogP contribution in [0, 0.1) is 11.3 Å². The minimum absolute atomic E-state index is 0.121. The summed E-state index contributed by atoms with van der Waals surface area (Å²) in [6.45, 7) is 0. The molecule has 3 rings (SSSR count). The van der Waals surface area contributed by atoms with E-state index in [9.17, 15) is 10.4 Å². The monoisotopic (exact) mass is 342 g/mol. The Labute approximate surface area is 141 Å². The average molecular weight is 343 g/mol. The quantitative estimate of drug-likeness (QED) is 0.699. The van der Waals surface area contributed by atoms with Crippen molar-refractivity contribution in [1.82, 2.24) is 4.98 Å². The van der Waals surface area contributed by atoms with Crippen molar-refractivity contribution in [2.75, 3.05) is 7.11 Å². The first kappa shape index (κ1) is 15.3. The Morgan fingerprint density at radius 1 is 1.39 bits per heavy atom. The fraction of sp³-hybridized carbons (Fsp3) is 0.0588. The number of hydrogen-bond acceptors (Lipinski definition) is 5. The number of fused-ring (bicyclic) bond motifs is 1. The van der Waals surface area contributed by atoms with Gasteiger partial charge in [-0.2, -0.15) is 5.26 Å². The van der Waals surface area contributed by atoms with Gasteiger partial charge in [0.05, 0.1) is 27.9 Å². The molecule has 0 saturated heterocycles. The summed E-state index contributed by atoms with van der Waals surface area (Å²) in [5, 5.41) is 20.0. The van der Waals surface area contributed by atoms with Crippen LogP contribution in [-0.4, -0.2) is 17.2 Å². The first-order chi connectivity index (χ1) is 11.1. The Balaban J connectivity index is 2.09. The van der Waals surface area contributed by atoms with Crippen LogP contribution in [0.15, 0.2) is 36.4 Å². The van der Waals surface area contributed by atoms with Crippen LogP contribution in [0.1, 0.15) is 10.6 Å². The summed E-state index contributed by atoms with van der Waals surface area (Å²) in [6, 6.07) is 13.1. The van der Waals surface area contributed by atoms with Gasteiger partial charge in [-0.05, 0) is 35.9 Å². The van der Waals surface area contributed by atoms with E-state index in [1.165, 1.54) is 18.4 Å². The van der Waals surface area contributed by atoms with E-state index in [1.807, 2.05) is 24.3 Å². The van der Waals surface area contributed by atoms with Crippen molar-refractivity contribution in [2.45, 2.75) is 0 Å². The summed E-state index contributed by atoms with van der Waals surface area (Å²) in [7, 11) is 1.44. The fourth-order valence-electron chi connectivity index (χ4n) is 2.13. The molecular weight excluding hydrogens is 332 g/mol. The second kappa shape index (κ2) is 6.29. The highest BCUT2D eigenvalue weighted by Gasteiger charge is 2.11. The van der Waals surface area contributed by atoms with Crippen molar-refractivity contribution in [1.29, 1.82) is 5.26 Å². The summed E-state index contributed by atoms with van der Waals surface area (Å²) < 4.78 is 6.09. The number of phenols is 1. The second-order valence-corrected chi connectivity index (χ2v) is 6.15. The molecule has 4 nitrogen and oxygen atoms in total. The number of halogens is 1. The number of phenolic OH excluding ortho intramolecular Hbond substituents is 1. The van der Waals surface area contributed by atoms with E-state index in [2.05, 4.69) is 11.1 Å². The lowest BCUT2D eigenvalue weighted by molar-refractivity contribution is 0.373. The van der Waals surface area contributed by atoms with Gasteiger partial charge in [-0.3, -0.25) is 0 Å². The normalized spacial score (nSPS) is 11.4. The maximum absolute atomic E-state index is 9.77. The highest BCUT2D eigenvalue weighted by molar-refractivity contribution is 7.19. The molecule has 3 aromatic rings. The average Bonchev–Trinajstić information content (AvgIpc) is 2.99. The lowest BCUT2D eigenvalue weighted by Crippen LogP contribution is -1.87. The summed E-state index contributed by atoms with van der Waals surface area (Å²) in [4.78, 5) is 4.48. The van der Waals surface area contributed by atoms with Crippen molar-refractivity contribution in [3.05, 3.63) is 52.0 Å². The maximum atomic E-state index is 9.77. The smallest absolute Gasteiger partial charge is 0.176 e. The summed E-state index contributed by atoms with van der Waals surface area (Å²) in [5.41, 5.74) is 1.94. The van der Waals surface area contributed by atoms with Gasteiger partial charge in [0, 0.05) is 0 Å². The number of allylic oxidation sites excluding steroid dienone is 1. The maximum Gasteiger partial charge on any atom is 0.176 e. The van der Waals surface area contributed by atoms with Crippen molar-refractivity contribution < 1.29 is 9.84 Å². The number of para-hydroxylation sites is 1. The van der Waals surface area contributed by atoms with Crippen molar-refractivity contribution >= 4 is 44.8 Å². The van der Waals surface area contributed by atoms with E-state index in [0.717, 1.165) is 10.2 Å². The van der Waals surface area contributed by atoms with Crippen LogP contribution in [0.2, 0.25) is 5.02 Å². The van der Waals surface area contributed by atoms with Gasteiger partial charge in [-0.25, -0.2) is 4.98 Å². The van der Waals surface area contributed by atoms with Gasteiger partial charge in [0.15, 0.2) is 11.5 Å². The molecule has 0 aliphatic carbocycles. The zero-order chi connectivity index (χ0) is 16.4. The van der Waals surface area contributed by atoms with Crippen LogP contribution >= 0.6 is 22.9 Å². The Hall–Kier alpha value is -2.55. The number of aromatic nitrogens is 1. The van der Waals surface area contributed by atoms with Crippen molar-refractivity contribution in [3.8, 4) is 17.6 Å². The molecule has 0 saturated carbocycles. The Morgan fingerprint density at radius 2 is 2.17 bits per heavy atom. The molecule has 0 unspecified atom stereocenters. The molecular formula is C17H11ClN2O2S. The van der Waals surface area contributed by atoms with Crippen LogP contribution < -0.4 is 4.74 Å². The SMILES string of the molecule is COc1cc(C=C(C#N)c2nc3ccccc3s2)cc(Cl)c1O. The van der Waals surface area contributed by atoms with Crippen LogP contribution in [0.3, 0.4) is 0 Å². The second-order valence-electron chi connectivity index (χ2n) is 4.71. The Bertz CT molecular complexity index is 924. The van der Waals surface area contributed by atoms with Gasteiger partial charge in [0.2, 0.25) is 0 Å². The molecule has 0 aliphatic heterocycles. The lowest BCUT2D eigenvalue weighted by Gasteiger charge is -2.06. The van der Waals surface area contributed by atoms with E-state index in [-0.39, 0.29) is 16.5 Å². The molecule has 23 heavy (non-hydrogen) atoms. The molecule has 1 aromatic heterocycles. The largest absolute Gasteiger partial charge is 0.503 e. The highest BCUT2D eigenvalue weighted by atomic mass is 35.5. The fourth-order valence-corrected chi connectivity index (χ4v) is 3.28. The van der Waals surface area contributed by atoms with Crippen LogP contribution in [0.5, 0.6) is 11.5 Å². The molecule has 114 valence electrons. The molecule has 0 radical (unpaired) electrons. The van der Waals surface area contributed by atoms with Crippen LogP contribution in [0.4, 0.5) is 0 Å². The third-order valence-corrected chi connectivity index (χ3v) is 4.58. The van der Waals surface area contributed by atoms with Gasteiger partial charge < -0.3 is 9.84 Å². The molecule has 1 N–H and O–H groups in total. The molecule has 2 aromatic carbocycles. The molecule has 6 heteroatoms. The van der Waals surface area contributed by atoms with Crippen molar-refractivity contribution in [3.63, 3.8) is 0 Å². The zero-order valence-corrected chi connectivity index (χ0v) is 13.6. The predicted octanol–water partition coefficient (Wildman–Crippen LogP) is 4.73. The van der Waals surface area contributed by atoms with E-state index in [4.69, 9.17) is 16.3 Å². The van der Waals surface area contributed by atoms with E-state index in [1.54, 1.807) is 18.2 Å². The molecule has 0 amide bonds. The van der Waals surface area contributed by atoms with Gasteiger partial charge >= 0.3 is 0 Å². The van der Waals surface area contributed by atoms with Gasteiger partial charge in [0.25, 0.3) is 0 Å². The molecule has 0 bridgehead atoms. The third-order valence-electron chi connectivity index (χ3n) is 3.23. The number of rotatable bonds is 3. The summed E-state index contributed by atoms with van der Waals surface area (Å²) in [5.74, 6) is 0.134. The molecule has 1 heterocycles. The first-order valence-electron chi connectivity index (χ1n) is 6.66. The number of benzene rings is 2. The van der Waals surface area contributed by atoms with Crippen LogP contribution in [-0.2, 0) is 0 Å². The van der Waals surface area contributed by atoms with Crippen LogP contribution in [0.25, 0.3) is 21.9 Å². The zero-order valence-electron chi connectivity index (χ0n) is 12.1. The molecule has 0 spiro atoms. The molecule has 0 aliphatic rings. The lowest BCUT2D eigenvalue weighted by atomic mass is 10.1. The van der Waals surface area contributed by atoms with E-state index >= 15 is 0 Å². The Morgan fingerprint density at radius 3 is 2.87 bits per heavy atom. The predicted molar refractivity (Wildman–Crippen MR) is 92.8 cm³/mol. The molecule has 0 fully saturated rings. The van der Waals surface area contributed by atoms with Crippen molar-refractivity contribution in [2.24, 2.45) is 0 Å². The number of thiazole rings is 1. The topological polar surface area (TPSA) is 66.1 Å². The van der Waals surface area contributed by atoms with Gasteiger partial charge in [0.1, 0.15) is 11.1 Å². The van der Waals surface area contributed by atoms with E-state index in [0.29, 0.717) is 16.1 Å². The Kier molecular flexibility index (Phi) is 4.20.